The van der Waals surface area contributed by atoms with Crippen molar-refractivity contribution in [1.82, 2.24) is 4.98 Å². The topological polar surface area (TPSA) is 12.9 Å². The van der Waals surface area contributed by atoms with Crippen LogP contribution in [0.5, 0.6) is 0 Å². The highest BCUT2D eigenvalue weighted by Crippen LogP contribution is 2.29. The van der Waals surface area contributed by atoms with Crippen LogP contribution in [0, 0.1) is 6.92 Å². The summed E-state index contributed by atoms with van der Waals surface area (Å²) in [7, 11) is 0. The predicted molar refractivity (Wildman–Crippen MR) is 88.3 cm³/mol. The standard InChI is InChI=1S/C18H16BrN/c1-13-6-9-17(20-12-13)11-18(19)16-8-7-14-4-2-3-5-15(14)10-16/h2-10,12,18H,11H2,1H3. The Kier molecular flexibility index (Phi) is 3.83. The number of aryl methyl sites for hydroxylation is 1. The van der Waals surface area contributed by atoms with Gasteiger partial charge >= 0.3 is 0 Å². The maximum atomic E-state index is 4.48. The zero-order valence-electron chi connectivity index (χ0n) is 11.4. The van der Waals surface area contributed by atoms with Gasteiger partial charge in [-0.3, -0.25) is 4.98 Å². The van der Waals surface area contributed by atoms with Crippen LogP contribution in [0.1, 0.15) is 21.6 Å². The molecule has 1 atom stereocenters. The largest absolute Gasteiger partial charge is 0.261 e. The first-order chi connectivity index (χ1) is 9.72. The van der Waals surface area contributed by atoms with E-state index in [1.54, 1.807) is 0 Å². The minimum absolute atomic E-state index is 0.294. The van der Waals surface area contributed by atoms with Crippen molar-refractivity contribution in [1.29, 1.82) is 0 Å². The van der Waals surface area contributed by atoms with E-state index in [0.29, 0.717) is 4.83 Å². The number of pyridine rings is 1. The molecular formula is C18H16BrN. The van der Waals surface area contributed by atoms with Crippen molar-refractivity contribution in [3.05, 3.63) is 77.6 Å². The van der Waals surface area contributed by atoms with Gasteiger partial charge in [-0.05, 0) is 34.9 Å². The average Bonchev–Trinajstić information content (AvgIpc) is 2.49. The second-order valence-corrected chi connectivity index (χ2v) is 6.21. The van der Waals surface area contributed by atoms with Crippen molar-refractivity contribution in [2.75, 3.05) is 0 Å². The fourth-order valence-electron chi connectivity index (χ4n) is 2.32. The van der Waals surface area contributed by atoms with Gasteiger partial charge in [0.15, 0.2) is 0 Å². The fourth-order valence-corrected chi connectivity index (χ4v) is 2.94. The van der Waals surface area contributed by atoms with Gasteiger partial charge in [0.25, 0.3) is 0 Å². The summed E-state index contributed by atoms with van der Waals surface area (Å²) < 4.78 is 0. The van der Waals surface area contributed by atoms with E-state index in [4.69, 9.17) is 0 Å². The Morgan fingerprint density at radius 3 is 2.55 bits per heavy atom. The molecular weight excluding hydrogens is 310 g/mol. The van der Waals surface area contributed by atoms with Crippen LogP contribution < -0.4 is 0 Å². The Bertz CT molecular complexity index is 719. The van der Waals surface area contributed by atoms with E-state index in [2.05, 4.69) is 82.4 Å². The summed E-state index contributed by atoms with van der Waals surface area (Å²) in [4.78, 5) is 4.77. The van der Waals surface area contributed by atoms with Gasteiger partial charge in [-0.2, -0.15) is 0 Å². The normalized spacial score (nSPS) is 12.5. The van der Waals surface area contributed by atoms with E-state index in [0.717, 1.165) is 12.1 Å². The fraction of sp³-hybridized carbons (Fsp3) is 0.167. The van der Waals surface area contributed by atoms with Gasteiger partial charge in [0.05, 0.1) is 0 Å². The minimum Gasteiger partial charge on any atom is -0.261 e. The van der Waals surface area contributed by atoms with Gasteiger partial charge in [0.1, 0.15) is 0 Å². The van der Waals surface area contributed by atoms with Crippen LogP contribution in [0.15, 0.2) is 60.8 Å². The van der Waals surface area contributed by atoms with Crippen LogP contribution in [-0.2, 0) is 6.42 Å². The summed E-state index contributed by atoms with van der Waals surface area (Å²) >= 11 is 3.79. The van der Waals surface area contributed by atoms with Crippen molar-refractivity contribution in [3.63, 3.8) is 0 Å². The van der Waals surface area contributed by atoms with Crippen molar-refractivity contribution in [2.24, 2.45) is 0 Å². The van der Waals surface area contributed by atoms with E-state index >= 15 is 0 Å². The first-order valence-corrected chi connectivity index (χ1v) is 7.68. The Hall–Kier alpha value is -1.67. The van der Waals surface area contributed by atoms with Gasteiger partial charge < -0.3 is 0 Å². The van der Waals surface area contributed by atoms with Crippen LogP contribution in [0.3, 0.4) is 0 Å². The van der Waals surface area contributed by atoms with Gasteiger partial charge in [-0.1, -0.05) is 64.5 Å². The number of hydrogen-bond acceptors (Lipinski definition) is 1. The highest BCUT2D eigenvalue weighted by molar-refractivity contribution is 9.09. The van der Waals surface area contributed by atoms with Crippen LogP contribution in [0.25, 0.3) is 10.8 Å². The molecule has 1 heterocycles. The molecule has 0 radical (unpaired) electrons. The summed E-state index contributed by atoms with van der Waals surface area (Å²) in [5, 5.41) is 2.57. The van der Waals surface area contributed by atoms with E-state index in [-0.39, 0.29) is 0 Å². The SMILES string of the molecule is Cc1ccc(CC(Br)c2ccc3ccccc3c2)nc1. The lowest BCUT2D eigenvalue weighted by atomic mass is 10.0. The molecule has 1 nitrogen and oxygen atoms in total. The first-order valence-electron chi connectivity index (χ1n) is 6.77. The average molecular weight is 326 g/mol. The molecule has 1 unspecified atom stereocenters. The van der Waals surface area contributed by atoms with E-state index in [9.17, 15) is 0 Å². The number of rotatable bonds is 3. The molecule has 0 aliphatic rings. The number of halogens is 1. The lowest BCUT2D eigenvalue weighted by Gasteiger charge is -2.11. The van der Waals surface area contributed by atoms with Crippen LogP contribution in [-0.4, -0.2) is 4.98 Å². The molecule has 0 aliphatic heterocycles. The monoisotopic (exact) mass is 325 g/mol. The summed E-state index contributed by atoms with van der Waals surface area (Å²) in [5.74, 6) is 0. The molecule has 2 aromatic carbocycles. The van der Waals surface area contributed by atoms with Gasteiger partial charge in [-0.25, -0.2) is 0 Å². The molecule has 1 aromatic heterocycles. The maximum Gasteiger partial charge on any atom is 0.0450 e. The molecule has 2 heteroatoms. The third-order valence-electron chi connectivity index (χ3n) is 3.50. The second kappa shape index (κ2) is 5.76. The number of benzene rings is 2. The summed E-state index contributed by atoms with van der Waals surface area (Å²) in [6, 6.07) is 19.3. The number of nitrogens with zero attached hydrogens (tertiary/aromatic N) is 1. The number of alkyl halides is 1. The minimum atomic E-state index is 0.294. The number of hydrogen-bond donors (Lipinski definition) is 0. The van der Waals surface area contributed by atoms with Crippen LogP contribution in [0.2, 0.25) is 0 Å². The molecule has 0 fully saturated rings. The molecule has 0 spiro atoms. The highest BCUT2D eigenvalue weighted by atomic mass is 79.9. The molecule has 0 saturated heterocycles. The first kappa shape index (κ1) is 13.3. The quantitative estimate of drug-likeness (QED) is 0.601. The second-order valence-electron chi connectivity index (χ2n) is 5.11. The van der Waals surface area contributed by atoms with Crippen LogP contribution in [0.4, 0.5) is 0 Å². The van der Waals surface area contributed by atoms with E-state index < -0.39 is 0 Å². The van der Waals surface area contributed by atoms with Gasteiger partial charge in [0, 0.05) is 23.1 Å². The molecule has 3 aromatic rings. The van der Waals surface area contributed by atoms with Crippen LogP contribution >= 0.6 is 15.9 Å². The molecule has 20 heavy (non-hydrogen) atoms. The van der Waals surface area contributed by atoms with E-state index in [1.165, 1.54) is 21.9 Å². The third kappa shape index (κ3) is 2.91. The Morgan fingerprint density at radius 1 is 1.00 bits per heavy atom. The van der Waals surface area contributed by atoms with Crippen molar-refractivity contribution >= 4 is 26.7 Å². The number of fused-ring (bicyclic) bond motifs is 1. The molecule has 0 saturated carbocycles. The van der Waals surface area contributed by atoms with Crippen molar-refractivity contribution in [3.8, 4) is 0 Å². The Labute approximate surface area is 127 Å². The zero-order valence-corrected chi connectivity index (χ0v) is 13.0. The number of aromatic nitrogens is 1. The van der Waals surface area contributed by atoms with Crippen molar-refractivity contribution in [2.45, 2.75) is 18.2 Å². The summed E-state index contributed by atoms with van der Waals surface area (Å²) in [6.07, 6.45) is 2.83. The molecule has 100 valence electrons. The predicted octanol–water partition coefficient (Wildman–Crippen LogP) is 5.22. The van der Waals surface area contributed by atoms with Crippen molar-refractivity contribution < 1.29 is 0 Å². The Balaban J connectivity index is 1.84. The Morgan fingerprint density at radius 2 is 1.80 bits per heavy atom. The third-order valence-corrected chi connectivity index (χ3v) is 4.35. The van der Waals surface area contributed by atoms with Gasteiger partial charge in [-0.15, -0.1) is 0 Å². The zero-order chi connectivity index (χ0) is 13.9. The molecule has 0 amide bonds. The molecule has 3 rings (SSSR count). The highest BCUT2D eigenvalue weighted by Gasteiger charge is 2.10. The lowest BCUT2D eigenvalue weighted by Crippen LogP contribution is -1.98. The smallest absolute Gasteiger partial charge is 0.0450 e. The molecule has 0 aliphatic carbocycles. The maximum absolute atomic E-state index is 4.48. The lowest BCUT2D eigenvalue weighted by molar-refractivity contribution is 0.903. The molecule has 0 bridgehead atoms. The summed E-state index contributed by atoms with van der Waals surface area (Å²) in [5.41, 5.74) is 3.61. The van der Waals surface area contributed by atoms with Gasteiger partial charge in [0.2, 0.25) is 0 Å². The molecule has 0 N–H and O–H groups in total. The van der Waals surface area contributed by atoms with E-state index in [1.807, 2.05) is 6.20 Å². The summed E-state index contributed by atoms with van der Waals surface area (Å²) in [6.45, 7) is 2.06.